The predicted octanol–water partition coefficient (Wildman–Crippen LogP) is 6.95. The fourth-order valence-corrected chi connectivity index (χ4v) is 4.69. The number of nitrogens with zero attached hydrogens (tertiary/aromatic N) is 1. The van der Waals surface area contributed by atoms with Crippen molar-refractivity contribution in [1.82, 2.24) is 4.90 Å². The molecule has 7 nitrogen and oxygen atoms in total. The molecule has 1 saturated heterocycles. The van der Waals surface area contributed by atoms with Crippen molar-refractivity contribution in [3.63, 3.8) is 0 Å². The Hall–Kier alpha value is -3.46. The van der Waals surface area contributed by atoms with Gasteiger partial charge in [-0.15, -0.1) is 0 Å². The summed E-state index contributed by atoms with van der Waals surface area (Å²) >= 11 is 12.8. The number of benzene rings is 3. The highest BCUT2D eigenvalue weighted by Gasteiger charge is 2.36. The summed E-state index contributed by atoms with van der Waals surface area (Å²) in [4.78, 5) is 39.0. The third-order valence-electron chi connectivity index (χ3n) is 5.50. The SMILES string of the molecule is CCOc1cc(/C=C2/SC(=O)N(CC(=O)Nc3ccc(C)c(Cl)c3)C2=O)ccc1OCc1ccc(Cl)cc1. The lowest BCUT2D eigenvalue weighted by molar-refractivity contribution is -0.127. The fourth-order valence-electron chi connectivity index (χ4n) is 3.55. The number of halogens is 2. The molecule has 1 fully saturated rings. The van der Waals surface area contributed by atoms with Gasteiger partial charge in [-0.1, -0.05) is 47.5 Å². The summed E-state index contributed by atoms with van der Waals surface area (Å²) in [6, 6.07) is 17.7. The van der Waals surface area contributed by atoms with Crippen molar-refractivity contribution in [2.75, 3.05) is 18.5 Å². The van der Waals surface area contributed by atoms with Gasteiger partial charge in [-0.05, 0) is 84.8 Å². The molecule has 1 heterocycles. The highest BCUT2D eigenvalue weighted by atomic mass is 35.5. The number of anilines is 1. The Morgan fingerprint density at radius 1 is 1.00 bits per heavy atom. The van der Waals surface area contributed by atoms with E-state index in [0.717, 1.165) is 27.8 Å². The van der Waals surface area contributed by atoms with Crippen molar-refractivity contribution >= 4 is 63.8 Å². The van der Waals surface area contributed by atoms with E-state index in [1.165, 1.54) is 0 Å². The predicted molar refractivity (Wildman–Crippen MR) is 151 cm³/mol. The Bertz CT molecular complexity index is 1410. The van der Waals surface area contributed by atoms with E-state index in [2.05, 4.69) is 5.32 Å². The third-order valence-corrected chi connectivity index (χ3v) is 7.07. The summed E-state index contributed by atoms with van der Waals surface area (Å²) in [5.74, 6) is -0.00193. The first-order valence-electron chi connectivity index (χ1n) is 11.7. The maximum atomic E-state index is 12.9. The fraction of sp³-hybridized carbons (Fsp3) is 0.179. The smallest absolute Gasteiger partial charge is 0.294 e. The third kappa shape index (κ3) is 6.89. The molecule has 1 N–H and O–H groups in total. The van der Waals surface area contributed by atoms with E-state index in [4.69, 9.17) is 32.7 Å². The number of hydrogen-bond acceptors (Lipinski definition) is 6. The Balaban J connectivity index is 1.44. The largest absolute Gasteiger partial charge is 0.490 e. The van der Waals surface area contributed by atoms with Gasteiger partial charge in [-0.2, -0.15) is 0 Å². The van der Waals surface area contributed by atoms with Gasteiger partial charge in [0.2, 0.25) is 5.91 Å². The van der Waals surface area contributed by atoms with Gasteiger partial charge in [0.05, 0.1) is 11.5 Å². The first-order chi connectivity index (χ1) is 18.2. The van der Waals surface area contributed by atoms with Gasteiger partial charge in [0.15, 0.2) is 11.5 Å². The van der Waals surface area contributed by atoms with Crippen molar-refractivity contribution in [2.24, 2.45) is 0 Å². The van der Waals surface area contributed by atoms with Crippen molar-refractivity contribution < 1.29 is 23.9 Å². The van der Waals surface area contributed by atoms with E-state index in [1.807, 2.05) is 26.0 Å². The first kappa shape index (κ1) is 27.6. The van der Waals surface area contributed by atoms with Crippen molar-refractivity contribution in [3.05, 3.63) is 92.3 Å². The minimum Gasteiger partial charge on any atom is -0.490 e. The molecule has 0 saturated carbocycles. The van der Waals surface area contributed by atoms with Crippen LogP contribution in [0.15, 0.2) is 65.6 Å². The molecule has 3 amide bonds. The summed E-state index contributed by atoms with van der Waals surface area (Å²) < 4.78 is 11.7. The molecule has 3 aromatic carbocycles. The Labute approximate surface area is 234 Å². The van der Waals surface area contributed by atoms with Crippen LogP contribution < -0.4 is 14.8 Å². The summed E-state index contributed by atoms with van der Waals surface area (Å²) in [6.07, 6.45) is 1.59. The van der Waals surface area contributed by atoms with Gasteiger partial charge >= 0.3 is 0 Å². The summed E-state index contributed by atoms with van der Waals surface area (Å²) in [7, 11) is 0. The van der Waals surface area contributed by atoms with Gasteiger partial charge < -0.3 is 14.8 Å². The maximum Gasteiger partial charge on any atom is 0.294 e. The number of carbonyl (C=O) groups is 3. The number of rotatable bonds is 9. The summed E-state index contributed by atoms with van der Waals surface area (Å²) in [5.41, 5.74) is 2.95. The van der Waals surface area contributed by atoms with Gasteiger partial charge in [-0.25, -0.2) is 0 Å². The molecule has 0 aliphatic carbocycles. The molecule has 196 valence electrons. The second-order valence-corrected chi connectivity index (χ2v) is 10.2. The summed E-state index contributed by atoms with van der Waals surface area (Å²) in [6.45, 7) is 4.04. The Morgan fingerprint density at radius 3 is 2.47 bits per heavy atom. The first-order valence-corrected chi connectivity index (χ1v) is 13.3. The van der Waals surface area contributed by atoms with E-state index in [-0.39, 0.29) is 4.91 Å². The Kier molecular flexibility index (Phi) is 8.99. The normalized spacial score (nSPS) is 14.2. The lowest BCUT2D eigenvalue weighted by Crippen LogP contribution is -2.36. The van der Waals surface area contributed by atoms with E-state index in [1.54, 1.807) is 54.6 Å². The molecule has 0 atom stereocenters. The summed E-state index contributed by atoms with van der Waals surface area (Å²) in [5, 5.41) is 3.29. The van der Waals surface area contributed by atoms with Crippen LogP contribution in [0.4, 0.5) is 10.5 Å². The minimum absolute atomic E-state index is 0.207. The molecule has 0 unspecified atom stereocenters. The van der Waals surface area contributed by atoms with Crippen LogP contribution in [0.5, 0.6) is 11.5 Å². The van der Waals surface area contributed by atoms with E-state index < -0.39 is 23.6 Å². The number of nitrogens with one attached hydrogen (secondary N) is 1. The number of hydrogen-bond donors (Lipinski definition) is 1. The molecule has 0 spiro atoms. The van der Waals surface area contributed by atoms with Crippen LogP contribution in [0.25, 0.3) is 6.08 Å². The van der Waals surface area contributed by atoms with Crippen molar-refractivity contribution in [2.45, 2.75) is 20.5 Å². The number of thioether (sulfide) groups is 1. The number of imide groups is 1. The van der Waals surface area contributed by atoms with Crippen LogP contribution in [-0.2, 0) is 16.2 Å². The zero-order valence-electron chi connectivity index (χ0n) is 20.6. The zero-order valence-corrected chi connectivity index (χ0v) is 23.0. The zero-order chi connectivity index (χ0) is 27.2. The number of carbonyl (C=O) groups excluding carboxylic acids is 3. The molecule has 1 aliphatic heterocycles. The van der Waals surface area contributed by atoms with Gasteiger partial charge in [0.25, 0.3) is 11.1 Å². The molecule has 0 radical (unpaired) electrons. The van der Waals surface area contributed by atoms with Gasteiger partial charge in [0.1, 0.15) is 13.2 Å². The van der Waals surface area contributed by atoms with Crippen molar-refractivity contribution in [3.8, 4) is 11.5 Å². The molecule has 4 rings (SSSR count). The van der Waals surface area contributed by atoms with Crippen molar-refractivity contribution in [1.29, 1.82) is 0 Å². The van der Waals surface area contributed by atoms with E-state index in [9.17, 15) is 14.4 Å². The number of aryl methyl sites for hydroxylation is 1. The highest BCUT2D eigenvalue weighted by molar-refractivity contribution is 8.18. The van der Waals surface area contributed by atoms with Gasteiger partial charge in [-0.3, -0.25) is 19.3 Å². The molecular weight excluding hydrogens is 547 g/mol. The van der Waals surface area contributed by atoms with Crippen LogP contribution in [0, 0.1) is 6.92 Å². The highest BCUT2D eigenvalue weighted by Crippen LogP contribution is 2.35. The lowest BCUT2D eigenvalue weighted by Gasteiger charge is -2.13. The standard InChI is InChI=1S/C28H24Cl2N2O5S/c1-3-36-24-12-19(7-11-23(24)37-16-18-5-8-20(29)9-6-18)13-25-27(34)32(28(35)38-25)15-26(33)31-21-10-4-17(2)22(30)14-21/h4-14H,3,15-16H2,1-2H3,(H,31,33)/b25-13+. The maximum absolute atomic E-state index is 12.9. The quantitative estimate of drug-likeness (QED) is 0.280. The van der Waals surface area contributed by atoms with Crippen LogP contribution in [0.3, 0.4) is 0 Å². The van der Waals surface area contributed by atoms with Crippen LogP contribution in [-0.4, -0.2) is 35.1 Å². The lowest BCUT2D eigenvalue weighted by atomic mass is 10.1. The van der Waals surface area contributed by atoms with E-state index >= 15 is 0 Å². The van der Waals surface area contributed by atoms with Crippen LogP contribution >= 0.6 is 35.0 Å². The monoisotopic (exact) mass is 570 g/mol. The van der Waals surface area contributed by atoms with Crippen LogP contribution in [0.1, 0.15) is 23.6 Å². The number of ether oxygens (including phenoxy) is 2. The average molecular weight is 571 g/mol. The molecular formula is C28H24Cl2N2O5S. The second-order valence-electron chi connectivity index (χ2n) is 8.33. The minimum atomic E-state index is -0.543. The molecule has 3 aromatic rings. The second kappa shape index (κ2) is 12.4. The molecule has 1 aliphatic rings. The van der Waals surface area contributed by atoms with Crippen LogP contribution in [0.2, 0.25) is 10.0 Å². The number of amides is 3. The van der Waals surface area contributed by atoms with E-state index in [0.29, 0.717) is 46.0 Å². The molecule has 0 aromatic heterocycles. The molecule has 38 heavy (non-hydrogen) atoms. The average Bonchev–Trinajstić information content (AvgIpc) is 3.14. The Morgan fingerprint density at radius 2 is 1.76 bits per heavy atom. The molecule has 10 heteroatoms. The molecule has 0 bridgehead atoms. The van der Waals surface area contributed by atoms with Gasteiger partial charge in [0, 0.05) is 15.7 Å². The topological polar surface area (TPSA) is 84.9 Å².